The van der Waals surface area contributed by atoms with Crippen LogP contribution in [0.3, 0.4) is 0 Å². The molecule has 1 aliphatic rings. The van der Waals surface area contributed by atoms with Crippen molar-refractivity contribution in [3.63, 3.8) is 0 Å². The molecule has 1 unspecified atom stereocenters. The van der Waals surface area contributed by atoms with Crippen LogP contribution in [0.5, 0.6) is 5.75 Å². The van der Waals surface area contributed by atoms with Gasteiger partial charge in [-0.15, -0.1) is 0 Å². The molecule has 1 fully saturated rings. The molecule has 1 aromatic carbocycles. The average molecular weight is 276 g/mol. The fraction of sp³-hybridized carbons (Fsp3) is 0.647. The first kappa shape index (κ1) is 15.3. The molecule has 0 radical (unpaired) electrons. The van der Waals surface area contributed by atoms with E-state index in [9.17, 15) is 0 Å². The highest BCUT2D eigenvalue weighted by Gasteiger charge is 2.14. The topological polar surface area (TPSA) is 24.5 Å². The van der Waals surface area contributed by atoms with Gasteiger partial charge in [0, 0.05) is 13.1 Å². The summed E-state index contributed by atoms with van der Waals surface area (Å²) in [5, 5.41) is 3.57. The standard InChI is InChI=1S/C17H28N2O/c1-14(13-19-8-4-5-9-19)11-18-12-16-6-7-17(20-3)15(2)10-16/h6-7,10,14,18H,4-5,8-9,11-13H2,1-3H3. The van der Waals surface area contributed by atoms with Crippen LogP contribution in [0, 0.1) is 12.8 Å². The lowest BCUT2D eigenvalue weighted by molar-refractivity contribution is 0.282. The van der Waals surface area contributed by atoms with E-state index in [1.807, 2.05) is 0 Å². The maximum Gasteiger partial charge on any atom is 0.121 e. The molecule has 2 rings (SSSR count). The summed E-state index contributed by atoms with van der Waals surface area (Å²) in [4.78, 5) is 2.59. The number of nitrogens with zero attached hydrogens (tertiary/aromatic N) is 1. The number of hydrogen-bond donors (Lipinski definition) is 1. The minimum Gasteiger partial charge on any atom is -0.496 e. The van der Waals surface area contributed by atoms with E-state index in [1.165, 1.54) is 43.6 Å². The van der Waals surface area contributed by atoms with Crippen LogP contribution in [-0.2, 0) is 6.54 Å². The molecule has 0 aliphatic carbocycles. The zero-order valence-corrected chi connectivity index (χ0v) is 13.1. The van der Waals surface area contributed by atoms with Crippen LogP contribution in [0.15, 0.2) is 18.2 Å². The molecule has 20 heavy (non-hydrogen) atoms. The molecule has 1 aliphatic heterocycles. The van der Waals surface area contributed by atoms with Gasteiger partial charge in [-0.05, 0) is 62.5 Å². The third-order valence-corrected chi connectivity index (χ3v) is 4.05. The average Bonchev–Trinajstić information content (AvgIpc) is 2.92. The molecule has 3 nitrogen and oxygen atoms in total. The highest BCUT2D eigenvalue weighted by atomic mass is 16.5. The summed E-state index contributed by atoms with van der Waals surface area (Å²) >= 11 is 0. The lowest BCUT2D eigenvalue weighted by Crippen LogP contribution is -2.31. The Bertz CT molecular complexity index is 413. The molecule has 0 spiro atoms. The van der Waals surface area contributed by atoms with Gasteiger partial charge < -0.3 is 15.0 Å². The van der Waals surface area contributed by atoms with Crippen LogP contribution >= 0.6 is 0 Å². The third kappa shape index (κ3) is 4.50. The minimum absolute atomic E-state index is 0.715. The van der Waals surface area contributed by atoms with Gasteiger partial charge in [0.05, 0.1) is 7.11 Å². The number of benzene rings is 1. The second-order valence-electron chi connectivity index (χ2n) is 6.05. The van der Waals surface area contributed by atoms with E-state index in [1.54, 1.807) is 7.11 Å². The number of rotatable bonds is 7. The molecule has 112 valence electrons. The number of aryl methyl sites for hydroxylation is 1. The van der Waals surface area contributed by atoms with Crippen LogP contribution in [0.2, 0.25) is 0 Å². The smallest absolute Gasteiger partial charge is 0.121 e. The van der Waals surface area contributed by atoms with Crippen molar-refractivity contribution in [3.05, 3.63) is 29.3 Å². The largest absolute Gasteiger partial charge is 0.496 e. The molecule has 0 aromatic heterocycles. The van der Waals surface area contributed by atoms with Crippen molar-refractivity contribution in [3.8, 4) is 5.75 Å². The Morgan fingerprint density at radius 2 is 2.05 bits per heavy atom. The SMILES string of the molecule is COc1ccc(CNCC(C)CN2CCCC2)cc1C. The molecule has 3 heteroatoms. The summed E-state index contributed by atoms with van der Waals surface area (Å²) in [5.74, 6) is 1.68. The van der Waals surface area contributed by atoms with Gasteiger partial charge >= 0.3 is 0 Å². The van der Waals surface area contributed by atoms with Crippen LogP contribution < -0.4 is 10.1 Å². The highest BCUT2D eigenvalue weighted by Crippen LogP contribution is 2.18. The summed E-state index contributed by atoms with van der Waals surface area (Å²) < 4.78 is 5.29. The summed E-state index contributed by atoms with van der Waals surface area (Å²) in [6.45, 7) is 10.3. The van der Waals surface area contributed by atoms with E-state index < -0.39 is 0 Å². The van der Waals surface area contributed by atoms with Gasteiger partial charge in [-0.25, -0.2) is 0 Å². The van der Waals surface area contributed by atoms with E-state index in [4.69, 9.17) is 4.74 Å². The molecular formula is C17H28N2O. The second-order valence-corrected chi connectivity index (χ2v) is 6.05. The van der Waals surface area contributed by atoms with Crippen LogP contribution in [0.1, 0.15) is 30.9 Å². The molecule has 1 atom stereocenters. The summed E-state index contributed by atoms with van der Waals surface area (Å²) in [6.07, 6.45) is 2.76. The van der Waals surface area contributed by atoms with Crippen molar-refractivity contribution in [1.82, 2.24) is 10.2 Å². The first-order valence-corrected chi connectivity index (χ1v) is 7.75. The minimum atomic E-state index is 0.715. The third-order valence-electron chi connectivity index (χ3n) is 4.05. The van der Waals surface area contributed by atoms with Gasteiger partial charge in [-0.2, -0.15) is 0 Å². The van der Waals surface area contributed by atoms with E-state index in [-0.39, 0.29) is 0 Å². The first-order chi connectivity index (χ1) is 9.69. The molecule has 1 N–H and O–H groups in total. The van der Waals surface area contributed by atoms with Crippen molar-refractivity contribution >= 4 is 0 Å². The molecule has 0 amide bonds. The Morgan fingerprint density at radius 3 is 2.70 bits per heavy atom. The quantitative estimate of drug-likeness (QED) is 0.829. The van der Waals surface area contributed by atoms with Crippen molar-refractivity contribution in [1.29, 1.82) is 0 Å². The lowest BCUT2D eigenvalue weighted by Gasteiger charge is -2.20. The normalized spacial score (nSPS) is 17.4. The van der Waals surface area contributed by atoms with Gasteiger partial charge in [-0.3, -0.25) is 0 Å². The van der Waals surface area contributed by atoms with Gasteiger partial charge in [0.15, 0.2) is 0 Å². The molecule has 0 saturated carbocycles. The predicted octanol–water partition coefficient (Wildman–Crippen LogP) is 2.83. The maximum absolute atomic E-state index is 5.29. The van der Waals surface area contributed by atoms with Gasteiger partial charge in [0.25, 0.3) is 0 Å². The summed E-state index contributed by atoms with van der Waals surface area (Å²) in [5.41, 5.74) is 2.54. The molecule has 1 heterocycles. The molecule has 1 saturated heterocycles. The van der Waals surface area contributed by atoms with Crippen molar-refractivity contribution in [2.75, 3.05) is 33.3 Å². The predicted molar refractivity (Wildman–Crippen MR) is 84.3 cm³/mol. The van der Waals surface area contributed by atoms with E-state index >= 15 is 0 Å². The zero-order chi connectivity index (χ0) is 14.4. The van der Waals surface area contributed by atoms with Gasteiger partial charge in [0.2, 0.25) is 0 Å². The lowest BCUT2D eigenvalue weighted by atomic mass is 10.1. The Hall–Kier alpha value is -1.06. The van der Waals surface area contributed by atoms with Crippen molar-refractivity contribution in [2.24, 2.45) is 5.92 Å². The monoisotopic (exact) mass is 276 g/mol. The maximum atomic E-state index is 5.29. The second kappa shape index (κ2) is 7.65. The van der Waals surface area contributed by atoms with Crippen LogP contribution in [-0.4, -0.2) is 38.2 Å². The van der Waals surface area contributed by atoms with E-state index in [0.717, 1.165) is 18.8 Å². The van der Waals surface area contributed by atoms with Crippen molar-refractivity contribution in [2.45, 2.75) is 33.2 Å². The number of likely N-dealkylation sites (tertiary alicyclic amines) is 1. The summed E-state index contributed by atoms with van der Waals surface area (Å²) in [6, 6.07) is 6.40. The fourth-order valence-corrected chi connectivity index (χ4v) is 2.98. The first-order valence-electron chi connectivity index (χ1n) is 7.75. The Labute approximate surface area is 123 Å². The van der Waals surface area contributed by atoms with Gasteiger partial charge in [-0.1, -0.05) is 19.1 Å². The van der Waals surface area contributed by atoms with Gasteiger partial charge in [0.1, 0.15) is 5.75 Å². The number of ether oxygens (including phenoxy) is 1. The van der Waals surface area contributed by atoms with Crippen molar-refractivity contribution < 1.29 is 4.74 Å². The fourth-order valence-electron chi connectivity index (χ4n) is 2.98. The molecule has 0 bridgehead atoms. The van der Waals surface area contributed by atoms with E-state index in [0.29, 0.717) is 5.92 Å². The Balaban J connectivity index is 1.70. The van der Waals surface area contributed by atoms with Crippen LogP contribution in [0.4, 0.5) is 0 Å². The summed E-state index contributed by atoms with van der Waals surface area (Å²) in [7, 11) is 1.72. The number of methoxy groups -OCH3 is 1. The molecular weight excluding hydrogens is 248 g/mol. The molecule has 1 aromatic rings. The Kier molecular flexibility index (Phi) is 5.86. The Morgan fingerprint density at radius 1 is 1.30 bits per heavy atom. The number of nitrogens with one attached hydrogen (secondary N) is 1. The number of hydrogen-bond acceptors (Lipinski definition) is 3. The highest BCUT2D eigenvalue weighted by molar-refractivity contribution is 5.36. The van der Waals surface area contributed by atoms with Crippen LogP contribution in [0.25, 0.3) is 0 Å². The zero-order valence-electron chi connectivity index (χ0n) is 13.1. The van der Waals surface area contributed by atoms with E-state index in [2.05, 4.69) is 42.3 Å².